The fourth-order valence-corrected chi connectivity index (χ4v) is 1.91. The van der Waals surface area contributed by atoms with Gasteiger partial charge in [-0.15, -0.1) is 0 Å². The van der Waals surface area contributed by atoms with Crippen LogP contribution in [0.25, 0.3) is 0 Å². The van der Waals surface area contributed by atoms with E-state index in [0.29, 0.717) is 16.9 Å². The van der Waals surface area contributed by atoms with Crippen molar-refractivity contribution in [1.82, 2.24) is 0 Å². The quantitative estimate of drug-likeness (QED) is 0.818. The van der Waals surface area contributed by atoms with Crippen molar-refractivity contribution in [2.45, 2.75) is 0 Å². The Bertz CT molecular complexity index is 925. The molecule has 0 aliphatic rings. The number of phenols is 1. The third-order valence-electron chi connectivity index (χ3n) is 3.28. The van der Waals surface area contributed by atoms with Gasteiger partial charge >= 0.3 is 11.9 Å². The summed E-state index contributed by atoms with van der Waals surface area (Å²) >= 11 is 0. The number of nitrogens with zero attached hydrogens (tertiary/aromatic N) is 2. The molecule has 0 atom stereocenters. The van der Waals surface area contributed by atoms with Crippen molar-refractivity contribution in [2.75, 3.05) is 21.3 Å². The van der Waals surface area contributed by atoms with E-state index in [4.69, 9.17) is 20.4 Å². The van der Waals surface area contributed by atoms with Gasteiger partial charge in [-0.25, -0.2) is 9.59 Å². The third kappa shape index (κ3) is 5.48. The van der Waals surface area contributed by atoms with E-state index in [-0.39, 0.29) is 16.9 Å². The number of phenolic OH excluding ortho intramolecular Hbond substituents is 1. The SMILES string of the molecule is COC(=O)c1ccc(O)c(C#N)c1.COC(=O)c1ccc(OC)c(C#N)c1. The Morgan fingerprint density at radius 3 is 1.78 bits per heavy atom. The van der Waals surface area contributed by atoms with Gasteiger partial charge in [-0.1, -0.05) is 0 Å². The molecular formula is C19H16N2O6. The summed E-state index contributed by atoms with van der Waals surface area (Å²) in [6, 6.07) is 12.2. The fourth-order valence-electron chi connectivity index (χ4n) is 1.91. The number of methoxy groups -OCH3 is 3. The molecule has 0 aliphatic carbocycles. The summed E-state index contributed by atoms with van der Waals surface area (Å²) < 4.78 is 13.9. The molecular weight excluding hydrogens is 352 g/mol. The van der Waals surface area contributed by atoms with Gasteiger partial charge < -0.3 is 19.3 Å². The first-order valence-electron chi connectivity index (χ1n) is 7.39. The zero-order valence-corrected chi connectivity index (χ0v) is 14.8. The van der Waals surface area contributed by atoms with Gasteiger partial charge in [0.25, 0.3) is 0 Å². The lowest BCUT2D eigenvalue weighted by Crippen LogP contribution is -2.01. The molecule has 0 spiro atoms. The lowest BCUT2D eigenvalue weighted by Gasteiger charge is -2.03. The molecule has 0 aliphatic heterocycles. The van der Waals surface area contributed by atoms with Crippen molar-refractivity contribution in [3.05, 3.63) is 58.7 Å². The molecule has 0 fully saturated rings. The summed E-state index contributed by atoms with van der Waals surface area (Å²) in [6.45, 7) is 0. The van der Waals surface area contributed by atoms with E-state index in [1.807, 2.05) is 6.07 Å². The molecule has 27 heavy (non-hydrogen) atoms. The highest BCUT2D eigenvalue weighted by Gasteiger charge is 2.09. The lowest BCUT2D eigenvalue weighted by molar-refractivity contribution is 0.0591. The van der Waals surface area contributed by atoms with Gasteiger partial charge in [0.2, 0.25) is 0 Å². The molecule has 0 saturated carbocycles. The topological polar surface area (TPSA) is 130 Å². The highest BCUT2D eigenvalue weighted by atomic mass is 16.5. The van der Waals surface area contributed by atoms with Crippen LogP contribution in [0.2, 0.25) is 0 Å². The van der Waals surface area contributed by atoms with E-state index in [1.165, 1.54) is 45.6 Å². The molecule has 0 saturated heterocycles. The minimum Gasteiger partial charge on any atom is -0.507 e. The molecule has 138 valence electrons. The molecule has 0 bridgehead atoms. The van der Waals surface area contributed by atoms with Crippen molar-refractivity contribution in [1.29, 1.82) is 10.5 Å². The number of nitriles is 2. The Morgan fingerprint density at radius 2 is 1.33 bits per heavy atom. The Morgan fingerprint density at radius 1 is 0.852 bits per heavy atom. The van der Waals surface area contributed by atoms with Crippen LogP contribution >= 0.6 is 0 Å². The minimum atomic E-state index is -0.531. The van der Waals surface area contributed by atoms with Gasteiger partial charge in [-0.2, -0.15) is 10.5 Å². The molecule has 2 rings (SSSR count). The van der Waals surface area contributed by atoms with E-state index >= 15 is 0 Å². The molecule has 1 N–H and O–H groups in total. The summed E-state index contributed by atoms with van der Waals surface area (Å²) in [7, 11) is 4.01. The normalized spacial score (nSPS) is 8.93. The average Bonchev–Trinajstić information content (AvgIpc) is 2.72. The minimum absolute atomic E-state index is 0.0582. The van der Waals surface area contributed by atoms with Gasteiger partial charge in [0.15, 0.2) is 0 Å². The van der Waals surface area contributed by atoms with E-state index in [2.05, 4.69) is 9.47 Å². The van der Waals surface area contributed by atoms with E-state index in [9.17, 15) is 9.59 Å². The van der Waals surface area contributed by atoms with Gasteiger partial charge in [0, 0.05) is 0 Å². The summed E-state index contributed by atoms with van der Waals surface area (Å²) in [6.07, 6.45) is 0. The molecule has 0 heterocycles. The van der Waals surface area contributed by atoms with E-state index in [1.54, 1.807) is 18.2 Å². The first-order chi connectivity index (χ1) is 12.9. The van der Waals surface area contributed by atoms with Gasteiger partial charge in [-0.05, 0) is 36.4 Å². The maximum absolute atomic E-state index is 11.1. The number of aromatic hydroxyl groups is 1. The van der Waals surface area contributed by atoms with Crippen LogP contribution in [0, 0.1) is 22.7 Å². The van der Waals surface area contributed by atoms with Crippen LogP contribution in [0.4, 0.5) is 0 Å². The number of benzene rings is 2. The van der Waals surface area contributed by atoms with Crippen LogP contribution in [0.15, 0.2) is 36.4 Å². The number of ether oxygens (including phenoxy) is 3. The van der Waals surface area contributed by atoms with Crippen LogP contribution in [-0.4, -0.2) is 38.4 Å². The second kappa shape index (κ2) is 10.1. The Labute approximate surface area is 155 Å². The standard InChI is InChI=1S/C10H9NO3.C9H7NO3/c1-13-9-4-3-7(10(12)14-2)5-8(9)6-11;1-13-9(12)6-2-3-8(11)7(4-6)5-10/h3-5H,1-2H3;2-4,11H,1H3. The van der Waals surface area contributed by atoms with Crippen molar-refractivity contribution >= 4 is 11.9 Å². The second-order valence-electron chi connectivity index (χ2n) is 4.85. The van der Waals surface area contributed by atoms with E-state index < -0.39 is 11.9 Å². The molecule has 0 radical (unpaired) electrons. The van der Waals surface area contributed by atoms with Crippen molar-refractivity contribution in [3.63, 3.8) is 0 Å². The summed E-state index contributed by atoms with van der Waals surface area (Å²) in [5.41, 5.74) is 0.958. The monoisotopic (exact) mass is 368 g/mol. The molecule has 0 aromatic heterocycles. The molecule has 0 amide bonds. The summed E-state index contributed by atoms with van der Waals surface area (Å²) in [5.74, 6) is -0.698. The number of hydrogen-bond donors (Lipinski definition) is 1. The fraction of sp³-hybridized carbons (Fsp3) is 0.158. The van der Waals surface area contributed by atoms with Crippen LogP contribution < -0.4 is 4.74 Å². The smallest absolute Gasteiger partial charge is 0.337 e. The Hall–Kier alpha value is -4.04. The van der Waals surface area contributed by atoms with Gasteiger partial charge in [-0.3, -0.25) is 0 Å². The third-order valence-corrected chi connectivity index (χ3v) is 3.28. The number of hydrogen-bond acceptors (Lipinski definition) is 8. The van der Waals surface area contributed by atoms with Gasteiger partial charge in [0.05, 0.1) is 43.6 Å². The first kappa shape index (κ1) is 21.0. The largest absolute Gasteiger partial charge is 0.507 e. The zero-order valence-electron chi connectivity index (χ0n) is 14.8. The maximum Gasteiger partial charge on any atom is 0.337 e. The number of carbonyl (C=O) groups excluding carboxylic acids is 2. The Balaban J connectivity index is 0.000000271. The Kier molecular flexibility index (Phi) is 7.83. The number of rotatable bonds is 3. The number of esters is 2. The van der Waals surface area contributed by atoms with Crippen molar-refractivity contribution in [2.24, 2.45) is 0 Å². The zero-order chi connectivity index (χ0) is 20.4. The molecule has 2 aromatic rings. The summed E-state index contributed by atoms with van der Waals surface area (Å²) in [4.78, 5) is 22.1. The summed E-state index contributed by atoms with van der Waals surface area (Å²) in [5, 5.41) is 26.4. The predicted molar refractivity (Wildman–Crippen MR) is 93.2 cm³/mol. The molecule has 8 nitrogen and oxygen atoms in total. The molecule has 2 aromatic carbocycles. The number of carbonyl (C=O) groups is 2. The van der Waals surface area contributed by atoms with Crippen LogP contribution in [0.5, 0.6) is 11.5 Å². The highest BCUT2D eigenvalue weighted by Crippen LogP contribution is 2.19. The first-order valence-corrected chi connectivity index (χ1v) is 7.39. The van der Waals surface area contributed by atoms with Crippen molar-refractivity contribution in [3.8, 4) is 23.6 Å². The van der Waals surface area contributed by atoms with Gasteiger partial charge in [0.1, 0.15) is 23.6 Å². The predicted octanol–water partition coefficient (Wildman–Crippen LogP) is 2.40. The molecule has 0 unspecified atom stereocenters. The highest BCUT2D eigenvalue weighted by molar-refractivity contribution is 5.90. The second-order valence-corrected chi connectivity index (χ2v) is 4.85. The van der Waals surface area contributed by atoms with Crippen LogP contribution in [-0.2, 0) is 9.47 Å². The van der Waals surface area contributed by atoms with Crippen LogP contribution in [0.3, 0.4) is 0 Å². The average molecular weight is 368 g/mol. The van der Waals surface area contributed by atoms with E-state index in [0.717, 1.165) is 0 Å². The maximum atomic E-state index is 11.1. The molecule has 8 heteroatoms. The lowest BCUT2D eigenvalue weighted by atomic mass is 10.1. The van der Waals surface area contributed by atoms with Crippen molar-refractivity contribution < 1.29 is 28.9 Å². The van der Waals surface area contributed by atoms with Crippen LogP contribution in [0.1, 0.15) is 31.8 Å².